The second-order valence-electron chi connectivity index (χ2n) is 15.3. The van der Waals surface area contributed by atoms with E-state index < -0.39 is 35.6 Å². The number of imidazole rings is 2. The van der Waals surface area contributed by atoms with Gasteiger partial charge in [0.15, 0.2) is 0 Å². The third-order valence-electron chi connectivity index (χ3n) is 11.6. The van der Waals surface area contributed by atoms with E-state index in [1.165, 1.54) is 0 Å². The molecule has 14 heteroatoms. The molecule has 0 spiro atoms. The molecule has 6 N–H and O–H groups in total. The van der Waals surface area contributed by atoms with Gasteiger partial charge < -0.3 is 20.2 Å². The molecular weight excluding hydrogens is 713 g/mol. The van der Waals surface area contributed by atoms with Crippen LogP contribution in [-0.2, 0) is 9.59 Å². The number of hydrogen-bond donors (Lipinski definition) is 6. The van der Waals surface area contributed by atoms with Gasteiger partial charge in [0.1, 0.15) is 17.2 Å². The number of nitrogens with one attached hydrogen (secondary N) is 4. The second kappa shape index (κ2) is 16.5. The Labute approximate surface area is 326 Å². The Morgan fingerprint density at radius 3 is 1.75 bits per heavy atom. The SMILES string of the molecule is CC[C@@H](C(=O)NC(=O)O)N1[C@@H](C)CC[C@H]1c1ncc(-c2ccc(C#Cc3ccc(-c4cnc([C@@H]5CC[C@H](C)N5[C@](C)(C(=O)NC(=O)O)C(C)C)[nH]4)cc3)cc2)[nH]1. The van der Waals surface area contributed by atoms with Crippen LogP contribution >= 0.6 is 0 Å². The summed E-state index contributed by atoms with van der Waals surface area (Å²) in [6.45, 7) is 11.7. The van der Waals surface area contributed by atoms with Gasteiger partial charge in [0, 0.05) is 23.2 Å². The summed E-state index contributed by atoms with van der Waals surface area (Å²) in [4.78, 5) is 68.9. The molecule has 2 aromatic carbocycles. The number of aromatic amines is 2. The molecule has 0 unspecified atom stereocenters. The van der Waals surface area contributed by atoms with Gasteiger partial charge in [-0.05, 0) is 94.2 Å². The van der Waals surface area contributed by atoms with Gasteiger partial charge in [-0.2, -0.15) is 0 Å². The van der Waals surface area contributed by atoms with Crippen LogP contribution in [0.2, 0.25) is 0 Å². The normalized spacial score (nSPS) is 21.6. The number of carbonyl (C=O) groups is 4. The number of likely N-dealkylation sites (tertiary alicyclic amines) is 2. The fourth-order valence-electron chi connectivity index (χ4n) is 8.38. The molecule has 0 aliphatic carbocycles. The molecule has 2 aliphatic rings. The maximum atomic E-state index is 13.2. The molecule has 6 rings (SSSR count). The lowest BCUT2D eigenvalue weighted by molar-refractivity contribution is -0.137. The molecule has 4 amide bonds. The van der Waals surface area contributed by atoms with E-state index in [1.54, 1.807) is 12.4 Å². The van der Waals surface area contributed by atoms with Crippen LogP contribution in [0.1, 0.15) is 109 Å². The Kier molecular flexibility index (Phi) is 11.8. The lowest BCUT2D eigenvalue weighted by atomic mass is 9.84. The topological polar surface area (TPSA) is 197 Å². The molecular formula is C42H50N8O6. The number of imide groups is 2. The largest absolute Gasteiger partial charge is 0.465 e. The summed E-state index contributed by atoms with van der Waals surface area (Å²) in [5.41, 5.74) is 4.20. The summed E-state index contributed by atoms with van der Waals surface area (Å²) < 4.78 is 0. The monoisotopic (exact) mass is 762 g/mol. The first-order valence-electron chi connectivity index (χ1n) is 19.2. The quantitative estimate of drug-likeness (QED) is 0.0946. The molecule has 0 radical (unpaired) electrons. The smallest absolute Gasteiger partial charge is 0.411 e. The summed E-state index contributed by atoms with van der Waals surface area (Å²) in [5.74, 6) is 6.75. The van der Waals surface area contributed by atoms with Crippen molar-refractivity contribution in [2.45, 2.75) is 109 Å². The van der Waals surface area contributed by atoms with Crippen LogP contribution in [0.15, 0.2) is 60.9 Å². The predicted octanol–water partition coefficient (Wildman–Crippen LogP) is 6.70. The minimum absolute atomic E-state index is 0.0510. The molecule has 2 saturated heterocycles. The van der Waals surface area contributed by atoms with Gasteiger partial charge in [0.05, 0.1) is 41.9 Å². The molecule has 4 aromatic rings. The van der Waals surface area contributed by atoms with Crippen LogP contribution < -0.4 is 10.6 Å². The molecule has 294 valence electrons. The third kappa shape index (κ3) is 8.10. The van der Waals surface area contributed by atoms with Gasteiger partial charge in [-0.15, -0.1) is 0 Å². The zero-order valence-electron chi connectivity index (χ0n) is 32.6. The average Bonchev–Trinajstić information content (AvgIpc) is 3.98. The van der Waals surface area contributed by atoms with Gasteiger partial charge in [-0.25, -0.2) is 19.6 Å². The predicted molar refractivity (Wildman–Crippen MR) is 210 cm³/mol. The van der Waals surface area contributed by atoms with E-state index in [0.717, 1.165) is 71.0 Å². The van der Waals surface area contributed by atoms with Crippen molar-refractivity contribution in [3.63, 3.8) is 0 Å². The van der Waals surface area contributed by atoms with Crippen molar-refractivity contribution >= 4 is 24.0 Å². The van der Waals surface area contributed by atoms with Crippen molar-refractivity contribution < 1.29 is 29.4 Å². The van der Waals surface area contributed by atoms with Gasteiger partial charge >= 0.3 is 12.2 Å². The van der Waals surface area contributed by atoms with E-state index in [1.807, 2.05) is 81.5 Å². The molecule has 2 aliphatic heterocycles. The lowest BCUT2D eigenvalue weighted by Crippen LogP contribution is -2.62. The highest BCUT2D eigenvalue weighted by Crippen LogP contribution is 2.44. The Morgan fingerprint density at radius 2 is 1.27 bits per heavy atom. The number of rotatable bonds is 10. The Bertz CT molecular complexity index is 2130. The number of carboxylic acid groups (broad SMARTS) is 2. The van der Waals surface area contributed by atoms with Gasteiger partial charge in [-0.1, -0.05) is 56.9 Å². The highest BCUT2D eigenvalue weighted by Gasteiger charge is 2.51. The van der Waals surface area contributed by atoms with Crippen molar-refractivity contribution in [3.8, 4) is 34.4 Å². The van der Waals surface area contributed by atoms with Gasteiger partial charge in [-0.3, -0.25) is 30.0 Å². The van der Waals surface area contributed by atoms with E-state index in [4.69, 9.17) is 10.1 Å². The number of nitrogens with zero attached hydrogens (tertiary/aromatic N) is 4. The van der Waals surface area contributed by atoms with E-state index in [9.17, 15) is 24.3 Å². The molecule has 2 aromatic heterocycles. The van der Waals surface area contributed by atoms with Crippen LogP contribution in [0.5, 0.6) is 0 Å². The first-order valence-corrected chi connectivity index (χ1v) is 19.2. The summed E-state index contributed by atoms with van der Waals surface area (Å²) >= 11 is 0. The Balaban J connectivity index is 1.12. The maximum absolute atomic E-state index is 13.2. The molecule has 56 heavy (non-hydrogen) atoms. The molecule has 4 heterocycles. The number of aromatic nitrogens is 4. The number of benzene rings is 2. The summed E-state index contributed by atoms with van der Waals surface area (Å²) in [7, 11) is 0. The Hall–Kier alpha value is -5.78. The Morgan fingerprint density at radius 1 is 0.786 bits per heavy atom. The van der Waals surface area contributed by atoms with E-state index in [0.29, 0.717) is 6.42 Å². The number of hydrogen-bond acceptors (Lipinski definition) is 8. The lowest BCUT2D eigenvalue weighted by Gasteiger charge is -2.45. The molecule has 2 fully saturated rings. The molecule has 0 bridgehead atoms. The van der Waals surface area contributed by atoms with E-state index >= 15 is 0 Å². The van der Waals surface area contributed by atoms with Crippen LogP contribution in [0.25, 0.3) is 22.5 Å². The summed E-state index contributed by atoms with van der Waals surface area (Å²) in [6, 6.07) is 15.0. The first-order chi connectivity index (χ1) is 26.7. The second-order valence-corrected chi connectivity index (χ2v) is 15.3. The molecule has 0 saturated carbocycles. The van der Waals surface area contributed by atoms with Gasteiger partial charge in [0.2, 0.25) is 11.8 Å². The maximum Gasteiger partial charge on any atom is 0.411 e. The number of amides is 4. The van der Waals surface area contributed by atoms with Gasteiger partial charge in [0.25, 0.3) is 0 Å². The minimum Gasteiger partial charge on any atom is -0.465 e. The number of carbonyl (C=O) groups excluding carboxylic acids is 2. The minimum atomic E-state index is -1.36. The highest BCUT2D eigenvalue weighted by molar-refractivity contribution is 5.97. The molecule has 6 atom stereocenters. The van der Waals surface area contributed by atoms with Crippen molar-refractivity contribution in [1.29, 1.82) is 0 Å². The zero-order valence-corrected chi connectivity index (χ0v) is 32.6. The zero-order chi connectivity index (χ0) is 40.3. The van der Waals surface area contributed by atoms with Crippen molar-refractivity contribution in [3.05, 3.63) is 83.7 Å². The van der Waals surface area contributed by atoms with Crippen molar-refractivity contribution in [2.75, 3.05) is 0 Å². The summed E-state index contributed by atoms with van der Waals surface area (Å²) in [6.07, 6.45) is 4.64. The average molecular weight is 763 g/mol. The highest BCUT2D eigenvalue weighted by atomic mass is 16.4. The van der Waals surface area contributed by atoms with E-state index in [-0.39, 0.29) is 30.1 Å². The fourth-order valence-corrected chi connectivity index (χ4v) is 8.38. The van der Waals surface area contributed by atoms with Crippen molar-refractivity contribution in [2.24, 2.45) is 5.92 Å². The number of H-pyrrole nitrogens is 2. The first kappa shape index (κ1) is 39.9. The van der Waals surface area contributed by atoms with Crippen LogP contribution in [-0.4, -0.2) is 87.6 Å². The van der Waals surface area contributed by atoms with Crippen LogP contribution in [0.4, 0.5) is 9.59 Å². The molecule has 14 nitrogen and oxygen atoms in total. The fraction of sp³-hybridized carbons (Fsp3) is 0.429. The summed E-state index contributed by atoms with van der Waals surface area (Å²) in [5, 5.41) is 22.5. The van der Waals surface area contributed by atoms with Crippen LogP contribution in [0, 0.1) is 17.8 Å². The van der Waals surface area contributed by atoms with E-state index in [2.05, 4.69) is 55.8 Å². The van der Waals surface area contributed by atoms with Crippen LogP contribution in [0.3, 0.4) is 0 Å². The third-order valence-corrected chi connectivity index (χ3v) is 11.6. The standard InChI is InChI=1S/C42H50N8O6/c1-7-33(38(51)47-40(53)54)49-25(4)8-20-34(49)36-43-22-31(45-36)29-16-12-27(13-17-29)10-11-28-14-18-30(19-15-28)32-23-44-37(46-32)35-21-9-26(5)50(35)42(6,24(2)3)39(52)48-41(55)56/h12-19,22-26,33-35H,7-9,20-21H2,1-6H3,(H,43,45)(H,44,46)(H,47,51)(H,48,52)(H,53,54)(H,55,56)/t25-,26-,33-,34-,35-,42-/m0/s1. The van der Waals surface area contributed by atoms with Crippen molar-refractivity contribution in [1.82, 2.24) is 40.4 Å².